The molecule has 6 nitrogen and oxygen atoms in total. The third-order valence-corrected chi connectivity index (χ3v) is 2.95. The number of rotatable bonds is 7. The summed E-state index contributed by atoms with van der Waals surface area (Å²) in [5.41, 5.74) is 3.02. The predicted molar refractivity (Wildman–Crippen MR) is 86.9 cm³/mol. The summed E-state index contributed by atoms with van der Waals surface area (Å²) in [6.07, 6.45) is 0. The molecule has 0 bridgehead atoms. The maximum absolute atomic E-state index is 11.8. The molecular weight excluding hydrogens is 296 g/mol. The van der Waals surface area contributed by atoms with Crippen LogP contribution in [0.25, 0.3) is 0 Å². The Labute approximate surface area is 135 Å². The van der Waals surface area contributed by atoms with E-state index in [0.717, 1.165) is 5.76 Å². The number of ether oxygens (including phenoxy) is 2. The SMILES string of the molecule is CCOc1ccccc1OCC(=O)NN=C(C)c1ccc(C)o1. The van der Waals surface area contributed by atoms with Crippen LogP contribution in [-0.2, 0) is 4.79 Å². The molecule has 0 radical (unpaired) electrons. The Bertz CT molecular complexity index is 691. The molecule has 2 aromatic rings. The number of furan rings is 1. The first kappa shape index (κ1) is 16.6. The van der Waals surface area contributed by atoms with E-state index in [0.29, 0.717) is 29.6 Å². The van der Waals surface area contributed by atoms with Gasteiger partial charge in [0.25, 0.3) is 5.91 Å². The molecule has 0 aliphatic carbocycles. The van der Waals surface area contributed by atoms with Gasteiger partial charge in [-0.25, -0.2) is 5.43 Å². The average molecular weight is 316 g/mol. The van der Waals surface area contributed by atoms with Crippen molar-refractivity contribution >= 4 is 11.6 Å². The zero-order valence-corrected chi connectivity index (χ0v) is 13.5. The minimum atomic E-state index is -0.362. The van der Waals surface area contributed by atoms with Gasteiger partial charge in [0.15, 0.2) is 18.1 Å². The molecule has 1 aromatic carbocycles. The fourth-order valence-corrected chi connectivity index (χ4v) is 1.85. The summed E-state index contributed by atoms with van der Waals surface area (Å²) in [4.78, 5) is 11.8. The number of hydrazone groups is 1. The van der Waals surface area contributed by atoms with E-state index in [9.17, 15) is 4.79 Å². The number of aryl methyl sites for hydroxylation is 1. The molecular formula is C17H20N2O4. The van der Waals surface area contributed by atoms with Crippen molar-refractivity contribution in [2.75, 3.05) is 13.2 Å². The summed E-state index contributed by atoms with van der Waals surface area (Å²) >= 11 is 0. The Balaban J connectivity index is 1.88. The highest BCUT2D eigenvalue weighted by Gasteiger charge is 2.08. The second-order valence-corrected chi connectivity index (χ2v) is 4.81. The third kappa shape index (κ3) is 4.88. The van der Waals surface area contributed by atoms with Gasteiger partial charge < -0.3 is 13.9 Å². The molecule has 23 heavy (non-hydrogen) atoms. The topological polar surface area (TPSA) is 73.1 Å². The molecule has 0 unspecified atom stereocenters. The van der Waals surface area contributed by atoms with Gasteiger partial charge in [-0.15, -0.1) is 0 Å². The Morgan fingerprint density at radius 3 is 2.48 bits per heavy atom. The monoisotopic (exact) mass is 316 g/mol. The summed E-state index contributed by atoms with van der Waals surface area (Å²) in [5.74, 6) is 2.17. The number of amides is 1. The summed E-state index contributed by atoms with van der Waals surface area (Å²) in [7, 11) is 0. The van der Waals surface area contributed by atoms with Crippen LogP contribution in [0.3, 0.4) is 0 Å². The van der Waals surface area contributed by atoms with Crippen LogP contribution in [0.5, 0.6) is 11.5 Å². The average Bonchev–Trinajstić information content (AvgIpc) is 2.98. The minimum absolute atomic E-state index is 0.155. The Morgan fingerprint density at radius 2 is 1.87 bits per heavy atom. The van der Waals surface area contributed by atoms with Crippen molar-refractivity contribution in [2.24, 2.45) is 5.10 Å². The lowest BCUT2D eigenvalue weighted by Crippen LogP contribution is -2.25. The standard InChI is InChI=1S/C17H20N2O4/c1-4-21-15-7-5-6-8-16(15)22-11-17(20)19-18-13(3)14-10-9-12(2)23-14/h5-10H,4,11H2,1-3H3,(H,19,20). The number of nitrogens with zero attached hydrogens (tertiary/aromatic N) is 1. The molecule has 1 N–H and O–H groups in total. The van der Waals surface area contributed by atoms with Gasteiger partial charge >= 0.3 is 0 Å². The quantitative estimate of drug-likeness (QED) is 0.629. The molecule has 0 fully saturated rings. The molecule has 0 saturated heterocycles. The molecule has 1 amide bonds. The lowest BCUT2D eigenvalue weighted by Gasteiger charge is -2.10. The lowest BCUT2D eigenvalue weighted by atomic mass is 10.3. The zero-order valence-electron chi connectivity index (χ0n) is 13.5. The fraction of sp³-hybridized carbons (Fsp3) is 0.294. The van der Waals surface area contributed by atoms with Crippen LogP contribution in [0.15, 0.2) is 45.9 Å². The van der Waals surface area contributed by atoms with Crippen molar-refractivity contribution in [3.8, 4) is 11.5 Å². The van der Waals surface area contributed by atoms with Crippen molar-refractivity contribution in [2.45, 2.75) is 20.8 Å². The van der Waals surface area contributed by atoms with Crippen LogP contribution in [-0.4, -0.2) is 24.8 Å². The molecule has 1 aromatic heterocycles. The van der Waals surface area contributed by atoms with Gasteiger partial charge in [0, 0.05) is 0 Å². The number of hydrogen-bond acceptors (Lipinski definition) is 5. The van der Waals surface area contributed by atoms with Crippen LogP contribution >= 0.6 is 0 Å². The Kier molecular flexibility index (Phi) is 5.80. The Morgan fingerprint density at radius 1 is 1.17 bits per heavy atom. The first-order valence-corrected chi connectivity index (χ1v) is 7.34. The van der Waals surface area contributed by atoms with Gasteiger partial charge in [0.2, 0.25) is 0 Å². The van der Waals surface area contributed by atoms with Crippen molar-refractivity contribution in [3.05, 3.63) is 47.9 Å². The van der Waals surface area contributed by atoms with E-state index in [1.807, 2.05) is 32.0 Å². The van der Waals surface area contributed by atoms with Crippen LogP contribution in [0.4, 0.5) is 0 Å². The van der Waals surface area contributed by atoms with Gasteiger partial charge in [-0.1, -0.05) is 12.1 Å². The largest absolute Gasteiger partial charge is 0.490 e. The zero-order chi connectivity index (χ0) is 16.7. The third-order valence-electron chi connectivity index (χ3n) is 2.95. The molecule has 0 atom stereocenters. The van der Waals surface area contributed by atoms with Gasteiger partial charge in [0.05, 0.1) is 6.61 Å². The normalized spacial score (nSPS) is 11.2. The molecule has 2 rings (SSSR count). The van der Waals surface area contributed by atoms with Gasteiger partial charge in [-0.05, 0) is 45.0 Å². The summed E-state index contributed by atoms with van der Waals surface area (Å²) < 4.78 is 16.3. The van der Waals surface area contributed by atoms with Crippen LogP contribution in [0, 0.1) is 6.92 Å². The second kappa shape index (κ2) is 8.03. The summed E-state index contributed by atoms with van der Waals surface area (Å²) in [6.45, 7) is 5.86. The molecule has 0 aliphatic rings. The number of nitrogens with one attached hydrogen (secondary N) is 1. The summed E-state index contributed by atoms with van der Waals surface area (Å²) in [6, 6.07) is 10.8. The van der Waals surface area contributed by atoms with E-state index < -0.39 is 0 Å². The van der Waals surface area contributed by atoms with E-state index in [1.54, 1.807) is 25.1 Å². The first-order chi connectivity index (χ1) is 11.1. The van der Waals surface area contributed by atoms with Gasteiger partial charge in [-0.2, -0.15) is 5.10 Å². The highest BCUT2D eigenvalue weighted by Crippen LogP contribution is 2.26. The van der Waals surface area contributed by atoms with Crippen LogP contribution in [0.2, 0.25) is 0 Å². The van der Waals surface area contributed by atoms with E-state index in [4.69, 9.17) is 13.9 Å². The van der Waals surface area contributed by atoms with Gasteiger partial charge in [0.1, 0.15) is 17.2 Å². The minimum Gasteiger partial charge on any atom is -0.490 e. The molecule has 0 aliphatic heterocycles. The van der Waals surface area contributed by atoms with E-state index in [-0.39, 0.29) is 12.5 Å². The van der Waals surface area contributed by atoms with Crippen LogP contribution < -0.4 is 14.9 Å². The molecule has 122 valence electrons. The van der Waals surface area contributed by atoms with E-state index in [2.05, 4.69) is 10.5 Å². The smallest absolute Gasteiger partial charge is 0.277 e. The lowest BCUT2D eigenvalue weighted by molar-refractivity contribution is -0.123. The summed E-state index contributed by atoms with van der Waals surface area (Å²) in [5, 5.41) is 3.99. The van der Waals surface area contributed by atoms with E-state index >= 15 is 0 Å². The molecule has 1 heterocycles. The first-order valence-electron chi connectivity index (χ1n) is 7.34. The number of benzene rings is 1. The number of hydrogen-bond donors (Lipinski definition) is 1. The Hall–Kier alpha value is -2.76. The molecule has 0 saturated carbocycles. The molecule has 0 spiro atoms. The fourth-order valence-electron chi connectivity index (χ4n) is 1.85. The highest BCUT2D eigenvalue weighted by atomic mass is 16.5. The molecule has 6 heteroatoms. The van der Waals surface area contributed by atoms with Crippen molar-refractivity contribution in [3.63, 3.8) is 0 Å². The second-order valence-electron chi connectivity index (χ2n) is 4.81. The number of carbonyl (C=O) groups is 1. The van der Waals surface area contributed by atoms with Crippen molar-refractivity contribution in [1.29, 1.82) is 0 Å². The van der Waals surface area contributed by atoms with E-state index in [1.165, 1.54) is 0 Å². The van der Waals surface area contributed by atoms with Gasteiger partial charge in [-0.3, -0.25) is 4.79 Å². The highest BCUT2D eigenvalue weighted by molar-refractivity contribution is 5.96. The maximum Gasteiger partial charge on any atom is 0.277 e. The number of para-hydroxylation sites is 2. The van der Waals surface area contributed by atoms with Crippen molar-refractivity contribution in [1.82, 2.24) is 5.43 Å². The van der Waals surface area contributed by atoms with Crippen molar-refractivity contribution < 1.29 is 18.7 Å². The maximum atomic E-state index is 11.8. The number of carbonyl (C=O) groups excluding carboxylic acids is 1. The predicted octanol–water partition coefficient (Wildman–Crippen LogP) is 2.91. The van der Waals surface area contributed by atoms with Crippen LogP contribution in [0.1, 0.15) is 25.4 Å².